The highest BCUT2D eigenvalue weighted by atomic mass is 19.1. The van der Waals surface area contributed by atoms with Crippen LogP contribution < -0.4 is 5.32 Å². The smallest absolute Gasteiger partial charge is 0.290 e. The number of carbonyl (C=O) groups is 2. The van der Waals surface area contributed by atoms with Crippen molar-refractivity contribution in [3.8, 4) is 0 Å². The van der Waals surface area contributed by atoms with Crippen molar-refractivity contribution >= 4 is 28.5 Å². The lowest BCUT2D eigenvalue weighted by Crippen LogP contribution is -2.35. The lowest BCUT2D eigenvalue weighted by atomic mass is 10.1. The third-order valence-electron chi connectivity index (χ3n) is 4.17. The van der Waals surface area contributed by atoms with Crippen molar-refractivity contribution in [1.82, 2.24) is 4.90 Å². The van der Waals surface area contributed by atoms with Crippen LogP contribution in [0.5, 0.6) is 0 Å². The van der Waals surface area contributed by atoms with Crippen LogP contribution in [0.25, 0.3) is 11.0 Å². The van der Waals surface area contributed by atoms with Crippen molar-refractivity contribution < 1.29 is 18.4 Å². The van der Waals surface area contributed by atoms with Crippen LogP contribution in [0.4, 0.5) is 10.1 Å². The fourth-order valence-electron chi connectivity index (χ4n) is 2.71. The number of nitrogens with zero attached hydrogens (tertiary/aromatic N) is 1. The molecule has 3 aromatic rings. The molecule has 2 amide bonds. The minimum Gasteiger partial charge on any atom is -0.448 e. The normalized spacial score (nSPS) is 10.8. The van der Waals surface area contributed by atoms with E-state index in [9.17, 15) is 14.0 Å². The average Bonchev–Trinajstić information content (AvgIpc) is 2.94. The number of carbonyl (C=O) groups excluding carboxylic acids is 2. The van der Waals surface area contributed by atoms with Gasteiger partial charge in [-0.05, 0) is 32.0 Å². The molecule has 0 saturated carbocycles. The van der Waals surface area contributed by atoms with E-state index >= 15 is 0 Å². The SMILES string of the molecule is Cc1ccc(NC(=O)CN(C)C(=O)c2oc3c(F)cccc3c2C)cc1. The van der Waals surface area contributed by atoms with E-state index in [0.29, 0.717) is 16.6 Å². The first kappa shape index (κ1) is 17.7. The lowest BCUT2D eigenvalue weighted by molar-refractivity contribution is -0.116. The van der Waals surface area contributed by atoms with Gasteiger partial charge in [-0.1, -0.05) is 29.8 Å². The fraction of sp³-hybridized carbons (Fsp3) is 0.200. The number of fused-ring (bicyclic) bond motifs is 1. The van der Waals surface area contributed by atoms with Gasteiger partial charge in [0, 0.05) is 23.7 Å². The maximum atomic E-state index is 13.8. The number of nitrogens with one attached hydrogen (secondary N) is 1. The number of likely N-dealkylation sites (N-methyl/N-ethyl adjacent to an activating group) is 1. The predicted molar refractivity (Wildman–Crippen MR) is 97.7 cm³/mol. The molecule has 26 heavy (non-hydrogen) atoms. The van der Waals surface area contributed by atoms with Crippen molar-refractivity contribution in [2.75, 3.05) is 18.9 Å². The number of para-hydroxylation sites is 1. The molecule has 0 fully saturated rings. The third kappa shape index (κ3) is 3.44. The zero-order chi connectivity index (χ0) is 18.8. The first-order valence-corrected chi connectivity index (χ1v) is 8.16. The summed E-state index contributed by atoms with van der Waals surface area (Å²) in [6.07, 6.45) is 0. The van der Waals surface area contributed by atoms with Gasteiger partial charge in [0.25, 0.3) is 5.91 Å². The second-order valence-corrected chi connectivity index (χ2v) is 6.25. The number of amides is 2. The number of hydrogen-bond donors (Lipinski definition) is 1. The second kappa shape index (κ2) is 7.00. The number of anilines is 1. The topological polar surface area (TPSA) is 62.6 Å². The molecule has 0 saturated heterocycles. The van der Waals surface area contributed by atoms with Gasteiger partial charge in [0.1, 0.15) is 0 Å². The largest absolute Gasteiger partial charge is 0.448 e. The van der Waals surface area contributed by atoms with E-state index in [0.717, 1.165) is 5.56 Å². The Morgan fingerprint density at radius 2 is 1.81 bits per heavy atom. The van der Waals surface area contributed by atoms with Crippen LogP contribution in [0.1, 0.15) is 21.7 Å². The summed E-state index contributed by atoms with van der Waals surface area (Å²) in [6.45, 7) is 3.50. The van der Waals surface area contributed by atoms with Gasteiger partial charge in [0.05, 0.1) is 6.54 Å². The molecule has 0 bridgehead atoms. The zero-order valence-corrected chi connectivity index (χ0v) is 14.8. The maximum absolute atomic E-state index is 13.8. The predicted octanol–water partition coefficient (Wildman–Crippen LogP) is 3.90. The van der Waals surface area contributed by atoms with Gasteiger partial charge < -0.3 is 14.6 Å². The van der Waals surface area contributed by atoms with E-state index in [-0.39, 0.29) is 23.8 Å². The minimum absolute atomic E-state index is 0.0377. The van der Waals surface area contributed by atoms with Crippen LogP contribution in [-0.4, -0.2) is 30.3 Å². The summed E-state index contributed by atoms with van der Waals surface area (Å²) in [5.41, 5.74) is 2.34. The Morgan fingerprint density at radius 1 is 1.12 bits per heavy atom. The van der Waals surface area contributed by atoms with Gasteiger partial charge in [-0.3, -0.25) is 9.59 Å². The second-order valence-electron chi connectivity index (χ2n) is 6.25. The van der Waals surface area contributed by atoms with Gasteiger partial charge in [0.15, 0.2) is 17.2 Å². The highest BCUT2D eigenvalue weighted by Crippen LogP contribution is 2.27. The van der Waals surface area contributed by atoms with Crippen LogP contribution in [0.3, 0.4) is 0 Å². The van der Waals surface area contributed by atoms with E-state index < -0.39 is 11.7 Å². The Kier molecular flexibility index (Phi) is 4.75. The molecule has 0 atom stereocenters. The quantitative estimate of drug-likeness (QED) is 0.773. The fourth-order valence-corrected chi connectivity index (χ4v) is 2.71. The summed E-state index contributed by atoms with van der Waals surface area (Å²) in [7, 11) is 1.50. The summed E-state index contributed by atoms with van der Waals surface area (Å²) in [4.78, 5) is 26.0. The van der Waals surface area contributed by atoms with Gasteiger partial charge in [0.2, 0.25) is 5.91 Å². The highest BCUT2D eigenvalue weighted by Gasteiger charge is 2.23. The number of rotatable bonds is 4. The van der Waals surface area contributed by atoms with Gasteiger partial charge in [-0.25, -0.2) is 4.39 Å². The molecule has 0 spiro atoms. The highest BCUT2D eigenvalue weighted by molar-refractivity contribution is 6.01. The summed E-state index contributed by atoms with van der Waals surface area (Å²) in [5.74, 6) is -1.29. The van der Waals surface area contributed by atoms with Crippen molar-refractivity contribution in [3.05, 3.63) is 65.2 Å². The molecule has 5 nitrogen and oxygen atoms in total. The summed E-state index contributed by atoms with van der Waals surface area (Å²) >= 11 is 0. The summed E-state index contributed by atoms with van der Waals surface area (Å²) in [5, 5.41) is 3.28. The van der Waals surface area contributed by atoms with Crippen LogP contribution in [-0.2, 0) is 4.79 Å². The molecule has 0 unspecified atom stereocenters. The van der Waals surface area contributed by atoms with Crippen molar-refractivity contribution in [2.45, 2.75) is 13.8 Å². The Hall–Kier alpha value is -3.15. The van der Waals surface area contributed by atoms with E-state index in [2.05, 4.69) is 5.32 Å². The number of aryl methyl sites for hydroxylation is 2. The third-order valence-corrected chi connectivity index (χ3v) is 4.17. The van der Waals surface area contributed by atoms with Gasteiger partial charge in [-0.2, -0.15) is 0 Å². The molecular formula is C20H19FN2O3. The lowest BCUT2D eigenvalue weighted by Gasteiger charge is -2.16. The molecular weight excluding hydrogens is 335 g/mol. The average molecular weight is 354 g/mol. The van der Waals surface area contributed by atoms with Crippen LogP contribution in [0, 0.1) is 19.7 Å². The van der Waals surface area contributed by atoms with Crippen LogP contribution in [0.2, 0.25) is 0 Å². The van der Waals surface area contributed by atoms with E-state index in [4.69, 9.17) is 4.42 Å². The van der Waals surface area contributed by atoms with Crippen molar-refractivity contribution in [1.29, 1.82) is 0 Å². The van der Waals surface area contributed by atoms with Crippen molar-refractivity contribution in [3.63, 3.8) is 0 Å². The Bertz CT molecular complexity index is 977. The molecule has 0 aliphatic rings. The van der Waals surface area contributed by atoms with Gasteiger partial charge in [-0.15, -0.1) is 0 Å². The number of halogens is 1. The molecule has 0 radical (unpaired) electrons. The Balaban J connectivity index is 1.73. The van der Waals surface area contributed by atoms with E-state index in [1.165, 1.54) is 18.0 Å². The minimum atomic E-state index is -0.524. The first-order chi connectivity index (χ1) is 12.4. The number of furan rings is 1. The monoisotopic (exact) mass is 354 g/mol. The summed E-state index contributed by atoms with van der Waals surface area (Å²) < 4.78 is 19.3. The zero-order valence-electron chi connectivity index (χ0n) is 14.8. The van der Waals surface area contributed by atoms with E-state index in [1.807, 2.05) is 19.1 Å². The first-order valence-electron chi connectivity index (χ1n) is 8.16. The van der Waals surface area contributed by atoms with Crippen LogP contribution in [0.15, 0.2) is 46.9 Å². The molecule has 1 N–H and O–H groups in total. The van der Waals surface area contributed by atoms with Crippen molar-refractivity contribution in [2.24, 2.45) is 0 Å². The molecule has 0 aliphatic heterocycles. The molecule has 2 aromatic carbocycles. The standard InChI is InChI=1S/C20H19FN2O3/c1-12-7-9-14(10-8-12)22-17(24)11-23(3)20(25)18-13(2)15-5-4-6-16(21)19(15)26-18/h4-10H,11H2,1-3H3,(H,22,24). The van der Waals surface area contributed by atoms with Gasteiger partial charge >= 0.3 is 0 Å². The maximum Gasteiger partial charge on any atom is 0.290 e. The summed E-state index contributed by atoms with van der Waals surface area (Å²) in [6, 6.07) is 11.9. The molecule has 3 rings (SSSR count). The molecule has 1 heterocycles. The Morgan fingerprint density at radius 3 is 2.46 bits per heavy atom. The molecule has 0 aliphatic carbocycles. The molecule has 134 valence electrons. The number of hydrogen-bond acceptors (Lipinski definition) is 3. The molecule has 6 heteroatoms. The molecule has 1 aromatic heterocycles. The Labute approximate surface area is 150 Å². The van der Waals surface area contributed by atoms with Crippen LogP contribution >= 0.6 is 0 Å². The van der Waals surface area contributed by atoms with E-state index in [1.54, 1.807) is 31.2 Å². The number of benzene rings is 2.